The first-order chi connectivity index (χ1) is 9.22. The maximum atomic E-state index is 10.9. The molecule has 3 nitrogen and oxygen atoms in total. The fourth-order valence-corrected chi connectivity index (χ4v) is 2.22. The van der Waals surface area contributed by atoms with Gasteiger partial charge in [0.2, 0.25) is 0 Å². The second-order valence-electron chi connectivity index (χ2n) is 4.61. The van der Waals surface area contributed by atoms with Crippen molar-refractivity contribution >= 4 is 6.29 Å². The summed E-state index contributed by atoms with van der Waals surface area (Å²) in [6.07, 6.45) is 1.84. The first-order valence-corrected chi connectivity index (χ1v) is 6.52. The Morgan fingerprint density at radius 1 is 1.21 bits per heavy atom. The summed E-state index contributed by atoms with van der Waals surface area (Å²) in [5.74, 6) is 0.900. The van der Waals surface area contributed by atoms with E-state index >= 15 is 0 Å². The number of rotatable bonds is 6. The number of hydrogen-bond donors (Lipinski definition) is 0. The Morgan fingerprint density at radius 3 is 2.58 bits per heavy atom. The van der Waals surface area contributed by atoms with Crippen LogP contribution in [0.15, 0.2) is 36.4 Å². The monoisotopic (exact) mass is 257 g/mol. The number of carbonyl (C=O) groups is 1. The molecule has 2 rings (SSSR count). The highest BCUT2D eigenvalue weighted by atomic mass is 16.5. The normalized spacial score (nSPS) is 10.4. The maximum absolute atomic E-state index is 10.9. The third-order valence-corrected chi connectivity index (χ3v) is 3.28. The number of nitrogens with zero attached hydrogens (tertiary/aromatic N) is 1. The molecule has 3 heteroatoms. The summed E-state index contributed by atoms with van der Waals surface area (Å²) in [5, 5.41) is 0. The number of para-hydroxylation sites is 1. The van der Waals surface area contributed by atoms with Crippen molar-refractivity contribution in [2.75, 3.05) is 6.61 Å². The summed E-state index contributed by atoms with van der Waals surface area (Å²) < 4.78 is 7.82. The van der Waals surface area contributed by atoms with Crippen molar-refractivity contribution in [2.45, 2.75) is 26.8 Å². The first kappa shape index (κ1) is 13.4. The second-order valence-corrected chi connectivity index (χ2v) is 4.61. The Labute approximate surface area is 113 Å². The molecule has 0 unspecified atom stereocenters. The van der Waals surface area contributed by atoms with Crippen LogP contribution in [-0.4, -0.2) is 17.5 Å². The van der Waals surface area contributed by atoms with Gasteiger partial charge in [-0.1, -0.05) is 18.2 Å². The summed E-state index contributed by atoms with van der Waals surface area (Å²) in [4.78, 5) is 10.9. The van der Waals surface area contributed by atoms with Crippen LogP contribution in [0.5, 0.6) is 5.75 Å². The molecule has 0 aliphatic rings. The average Bonchev–Trinajstić information content (AvgIpc) is 2.71. The number of hydrogen-bond acceptors (Lipinski definition) is 2. The standard InChI is InChI=1S/C16H19NO2/c1-13-11-15(12-18)14(2)17(13)9-6-10-19-16-7-4-3-5-8-16/h3-5,7-8,11-12H,6,9-10H2,1-2H3. The van der Waals surface area contributed by atoms with E-state index in [9.17, 15) is 4.79 Å². The van der Waals surface area contributed by atoms with Crippen LogP contribution in [0.4, 0.5) is 0 Å². The van der Waals surface area contributed by atoms with Crippen LogP contribution in [0.3, 0.4) is 0 Å². The zero-order valence-corrected chi connectivity index (χ0v) is 11.4. The van der Waals surface area contributed by atoms with Crippen molar-refractivity contribution in [3.63, 3.8) is 0 Å². The van der Waals surface area contributed by atoms with Crippen LogP contribution in [-0.2, 0) is 6.54 Å². The van der Waals surface area contributed by atoms with E-state index in [-0.39, 0.29) is 0 Å². The molecule has 0 radical (unpaired) electrons. The number of ether oxygens (including phenoxy) is 1. The van der Waals surface area contributed by atoms with Crippen LogP contribution >= 0.6 is 0 Å². The number of carbonyl (C=O) groups excluding carboxylic acids is 1. The number of benzene rings is 1. The second kappa shape index (κ2) is 6.23. The van der Waals surface area contributed by atoms with Crippen molar-refractivity contribution in [3.05, 3.63) is 53.3 Å². The zero-order chi connectivity index (χ0) is 13.7. The van der Waals surface area contributed by atoms with E-state index in [4.69, 9.17) is 4.74 Å². The molecule has 100 valence electrons. The van der Waals surface area contributed by atoms with E-state index in [1.807, 2.05) is 50.2 Å². The Morgan fingerprint density at radius 2 is 1.95 bits per heavy atom. The lowest BCUT2D eigenvalue weighted by Gasteiger charge is -2.10. The topological polar surface area (TPSA) is 31.2 Å². The van der Waals surface area contributed by atoms with E-state index in [1.54, 1.807) is 0 Å². The third kappa shape index (κ3) is 3.25. The van der Waals surface area contributed by atoms with Gasteiger partial charge in [0.1, 0.15) is 5.75 Å². The van der Waals surface area contributed by atoms with Gasteiger partial charge in [-0.3, -0.25) is 4.79 Å². The number of aromatic nitrogens is 1. The molecule has 0 aliphatic heterocycles. The van der Waals surface area contributed by atoms with Crippen molar-refractivity contribution < 1.29 is 9.53 Å². The SMILES string of the molecule is Cc1cc(C=O)c(C)n1CCCOc1ccccc1. The molecule has 19 heavy (non-hydrogen) atoms. The lowest BCUT2D eigenvalue weighted by atomic mass is 10.3. The molecule has 0 bridgehead atoms. The molecule has 0 amide bonds. The minimum atomic E-state index is 0.678. The van der Waals surface area contributed by atoms with Gasteiger partial charge in [-0.2, -0.15) is 0 Å². The van der Waals surface area contributed by atoms with E-state index in [1.165, 1.54) is 0 Å². The van der Waals surface area contributed by atoms with Gasteiger partial charge in [0.15, 0.2) is 6.29 Å². The Balaban J connectivity index is 1.86. The van der Waals surface area contributed by atoms with Crippen molar-refractivity contribution in [1.29, 1.82) is 0 Å². The van der Waals surface area contributed by atoms with Crippen LogP contribution in [0.2, 0.25) is 0 Å². The van der Waals surface area contributed by atoms with Gasteiger partial charge >= 0.3 is 0 Å². The summed E-state index contributed by atoms with van der Waals surface area (Å²) in [5.41, 5.74) is 2.94. The smallest absolute Gasteiger partial charge is 0.151 e. The Hall–Kier alpha value is -2.03. The first-order valence-electron chi connectivity index (χ1n) is 6.52. The fraction of sp³-hybridized carbons (Fsp3) is 0.312. The molecule has 2 aromatic rings. The van der Waals surface area contributed by atoms with Gasteiger partial charge in [0.05, 0.1) is 6.61 Å². The predicted molar refractivity (Wildman–Crippen MR) is 75.8 cm³/mol. The Bertz CT molecular complexity index is 543. The largest absolute Gasteiger partial charge is 0.494 e. The van der Waals surface area contributed by atoms with Gasteiger partial charge in [-0.25, -0.2) is 0 Å². The van der Waals surface area contributed by atoms with Crippen molar-refractivity contribution in [3.8, 4) is 5.75 Å². The highest BCUT2D eigenvalue weighted by Crippen LogP contribution is 2.14. The molecule has 0 saturated carbocycles. The van der Waals surface area contributed by atoms with Gasteiger partial charge in [-0.05, 0) is 38.5 Å². The molecule has 0 atom stereocenters. The van der Waals surface area contributed by atoms with Crippen LogP contribution in [0.1, 0.15) is 28.2 Å². The van der Waals surface area contributed by atoms with Crippen molar-refractivity contribution in [2.24, 2.45) is 0 Å². The summed E-state index contributed by atoms with van der Waals surface area (Å²) in [6, 6.07) is 11.7. The zero-order valence-electron chi connectivity index (χ0n) is 11.4. The highest BCUT2D eigenvalue weighted by molar-refractivity contribution is 5.77. The summed E-state index contributed by atoms with van der Waals surface area (Å²) >= 11 is 0. The van der Waals surface area contributed by atoms with E-state index < -0.39 is 0 Å². The maximum Gasteiger partial charge on any atom is 0.151 e. The molecule has 1 heterocycles. The highest BCUT2D eigenvalue weighted by Gasteiger charge is 2.07. The third-order valence-electron chi connectivity index (χ3n) is 3.28. The number of aldehydes is 1. The van der Waals surface area contributed by atoms with Crippen LogP contribution < -0.4 is 4.74 Å². The molecular weight excluding hydrogens is 238 g/mol. The molecular formula is C16H19NO2. The minimum absolute atomic E-state index is 0.678. The summed E-state index contributed by atoms with van der Waals surface area (Å²) in [6.45, 7) is 5.56. The van der Waals surface area contributed by atoms with Gasteiger partial charge < -0.3 is 9.30 Å². The molecule has 0 N–H and O–H groups in total. The lowest BCUT2D eigenvalue weighted by molar-refractivity contribution is 0.112. The van der Waals surface area contributed by atoms with Crippen LogP contribution in [0, 0.1) is 13.8 Å². The molecule has 1 aromatic heterocycles. The quantitative estimate of drug-likeness (QED) is 0.586. The molecule has 0 aliphatic carbocycles. The van der Waals surface area contributed by atoms with Crippen LogP contribution in [0.25, 0.3) is 0 Å². The van der Waals surface area contributed by atoms with Gasteiger partial charge in [0, 0.05) is 23.5 Å². The molecule has 0 saturated heterocycles. The Kier molecular flexibility index (Phi) is 4.39. The van der Waals surface area contributed by atoms with Gasteiger partial charge in [0.25, 0.3) is 0 Å². The van der Waals surface area contributed by atoms with E-state index in [2.05, 4.69) is 4.57 Å². The summed E-state index contributed by atoms with van der Waals surface area (Å²) in [7, 11) is 0. The lowest BCUT2D eigenvalue weighted by Crippen LogP contribution is -2.07. The van der Waals surface area contributed by atoms with Gasteiger partial charge in [-0.15, -0.1) is 0 Å². The predicted octanol–water partition coefficient (Wildman–Crippen LogP) is 3.39. The molecule has 1 aromatic carbocycles. The van der Waals surface area contributed by atoms with E-state index in [0.717, 1.165) is 42.0 Å². The van der Waals surface area contributed by atoms with Crippen molar-refractivity contribution in [1.82, 2.24) is 4.57 Å². The van der Waals surface area contributed by atoms with E-state index in [0.29, 0.717) is 6.61 Å². The number of aryl methyl sites for hydroxylation is 1. The fourth-order valence-electron chi connectivity index (χ4n) is 2.22. The molecule has 0 spiro atoms. The molecule has 0 fully saturated rings. The average molecular weight is 257 g/mol. The minimum Gasteiger partial charge on any atom is -0.494 e.